The second-order valence-corrected chi connectivity index (χ2v) is 3.09. The molecule has 1 atom stereocenters. The summed E-state index contributed by atoms with van der Waals surface area (Å²) in [5.41, 5.74) is 1.82. The first-order valence-electron chi connectivity index (χ1n) is 4.46. The standard InChI is InChI=1S/C11H15NO/c1-3-4-7-10(13)11-9(2)6-5-8-12-11/h3,5-6,8,10,13H,1,4,7H2,2H3. The fraction of sp³-hybridized carbons (Fsp3) is 0.364. The van der Waals surface area contributed by atoms with Crippen LogP contribution in [0.5, 0.6) is 0 Å². The van der Waals surface area contributed by atoms with Gasteiger partial charge in [0.25, 0.3) is 0 Å². The van der Waals surface area contributed by atoms with Crippen LogP contribution in [0.1, 0.15) is 30.2 Å². The lowest BCUT2D eigenvalue weighted by molar-refractivity contribution is 0.163. The van der Waals surface area contributed by atoms with Crippen molar-refractivity contribution in [3.63, 3.8) is 0 Å². The van der Waals surface area contributed by atoms with E-state index in [2.05, 4.69) is 11.6 Å². The van der Waals surface area contributed by atoms with Gasteiger partial charge in [0.15, 0.2) is 0 Å². The van der Waals surface area contributed by atoms with Crippen molar-refractivity contribution in [1.82, 2.24) is 4.98 Å². The number of aromatic nitrogens is 1. The van der Waals surface area contributed by atoms with Crippen molar-refractivity contribution in [2.75, 3.05) is 0 Å². The molecule has 0 radical (unpaired) electrons. The highest BCUT2D eigenvalue weighted by Gasteiger charge is 2.09. The van der Waals surface area contributed by atoms with E-state index in [1.54, 1.807) is 6.20 Å². The third-order valence-electron chi connectivity index (χ3n) is 2.01. The Morgan fingerprint density at radius 2 is 2.46 bits per heavy atom. The molecule has 0 spiro atoms. The van der Waals surface area contributed by atoms with Crippen LogP contribution in [0.2, 0.25) is 0 Å². The highest BCUT2D eigenvalue weighted by atomic mass is 16.3. The Balaban J connectivity index is 2.70. The summed E-state index contributed by atoms with van der Waals surface area (Å²) < 4.78 is 0. The molecule has 1 unspecified atom stereocenters. The van der Waals surface area contributed by atoms with E-state index in [1.165, 1.54) is 0 Å². The first-order valence-corrected chi connectivity index (χ1v) is 4.46. The normalized spacial score (nSPS) is 12.5. The van der Waals surface area contributed by atoms with Crippen LogP contribution in [0, 0.1) is 6.92 Å². The van der Waals surface area contributed by atoms with Gasteiger partial charge >= 0.3 is 0 Å². The molecule has 1 aromatic rings. The quantitative estimate of drug-likeness (QED) is 0.716. The topological polar surface area (TPSA) is 33.1 Å². The Morgan fingerprint density at radius 1 is 1.69 bits per heavy atom. The number of pyridine rings is 1. The van der Waals surface area contributed by atoms with E-state index in [0.717, 1.165) is 17.7 Å². The van der Waals surface area contributed by atoms with Crippen molar-refractivity contribution in [2.24, 2.45) is 0 Å². The molecule has 0 saturated carbocycles. The Hall–Kier alpha value is -1.15. The Morgan fingerprint density at radius 3 is 3.08 bits per heavy atom. The molecular weight excluding hydrogens is 162 g/mol. The number of aliphatic hydroxyl groups excluding tert-OH is 1. The molecule has 0 saturated heterocycles. The van der Waals surface area contributed by atoms with Crippen LogP contribution >= 0.6 is 0 Å². The second kappa shape index (κ2) is 4.77. The number of aryl methyl sites for hydroxylation is 1. The monoisotopic (exact) mass is 177 g/mol. The van der Waals surface area contributed by atoms with Gasteiger partial charge < -0.3 is 5.11 Å². The van der Waals surface area contributed by atoms with Gasteiger partial charge in [0.2, 0.25) is 0 Å². The molecule has 2 heteroatoms. The van der Waals surface area contributed by atoms with Crippen molar-refractivity contribution < 1.29 is 5.11 Å². The maximum atomic E-state index is 9.72. The SMILES string of the molecule is C=CCCC(O)c1ncccc1C. The lowest BCUT2D eigenvalue weighted by Crippen LogP contribution is -2.02. The maximum Gasteiger partial charge on any atom is 0.0965 e. The average Bonchev–Trinajstić information content (AvgIpc) is 2.15. The molecule has 1 rings (SSSR count). The van der Waals surface area contributed by atoms with E-state index >= 15 is 0 Å². The lowest BCUT2D eigenvalue weighted by Gasteiger charge is -2.10. The molecule has 0 fully saturated rings. The van der Waals surface area contributed by atoms with E-state index in [1.807, 2.05) is 25.1 Å². The van der Waals surface area contributed by atoms with Gasteiger partial charge in [-0.15, -0.1) is 6.58 Å². The summed E-state index contributed by atoms with van der Waals surface area (Å²) in [7, 11) is 0. The lowest BCUT2D eigenvalue weighted by atomic mass is 10.1. The molecule has 0 aliphatic heterocycles. The molecular formula is C11H15NO. The first-order chi connectivity index (χ1) is 6.25. The van der Waals surface area contributed by atoms with Gasteiger partial charge in [-0.25, -0.2) is 0 Å². The van der Waals surface area contributed by atoms with E-state index in [0.29, 0.717) is 6.42 Å². The maximum absolute atomic E-state index is 9.72. The summed E-state index contributed by atoms with van der Waals surface area (Å²) in [5, 5.41) is 9.72. The van der Waals surface area contributed by atoms with Crippen LogP contribution in [0.15, 0.2) is 31.0 Å². The third kappa shape index (κ3) is 2.67. The molecule has 13 heavy (non-hydrogen) atoms. The predicted octanol–water partition coefficient (Wildman–Crippen LogP) is 2.39. The molecule has 2 nitrogen and oxygen atoms in total. The summed E-state index contributed by atoms with van der Waals surface area (Å²) in [6, 6.07) is 3.83. The minimum absolute atomic E-state index is 0.459. The van der Waals surface area contributed by atoms with Crippen LogP contribution in [-0.4, -0.2) is 10.1 Å². The van der Waals surface area contributed by atoms with Gasteiger partial charge in [-0.05, 0) is 31.4 Å². The van der Waals surface area contributed by atoms with Crippen LogP contribution in [0.3, 0.4) is 0 Å². The number of aliphatic hydroxyl groups is 1. The van der Waals surface area contributed by atoms with Crippen LogP contribution in [0.25, 0.3) is 0 Å². The van der Waals surface area contributed by atoms with Crippen molar-refractivity contribution in [1.29, 1.82) is 0 Å². The van der Waals surface area contributed by atoms with E-state index < -0.39 is 6.10 Å². The van der Waals surface area contributed by atoms with Gasteiger partial charge in [-0.2, -0.15) is 0 Å². The van der Waals surface area contributed by atoms with Crippen molar-refractivity contribution in [3.05, 3.63) is 42.2 Å². The van der Waals surface area contributed by atoms with E-state index in [9.17, 15) is 5.11 Å². The van der Waals surface area contributed by atoms with Crippen LogP contribution in [0.4, 0.5) is 0 Å². The minimum Gasteiger partial charge on any atom is -0.387 e. The number of hydrogen-bond donors (Lipinski definition) is 1. The van der Waals surface area contributed by atoms with Crippen molar-refractivity contribution >= 4 is 0 Å². The first kappa shape index (κ1) is 9.93. The fourth-order valence-electron chi connectivity index (χ4n) is 1.26. The number of rotatable bonds is 4. The molecule has 70 valence electrons. The Kier molecular flexibility index (Phi) is 3.65. The number of nitrogens with zero attached hydrogens (tertiary/aromatic N) is 1. The van der Waals surface area contributed by atoms with Crippen molar-refractivity contribution in [2.45, 2.75) is 25.9 Å². The highest BCUT2D eigenvalue weighted by molar-refractivity contribution is 5.19. The van der Waals surface area contributed by atoms with Gasteiger partial charge in [0.05, 0.1) is 11.8 Å². The molecule has 0 aliphatic rings. The highest BCUT2D eigenvalue weighted by Crippen LogP contribution is 2.18. The minimum atomic E-state index is -0.459. The molecule has 0 amide bonds. The third-order valence-corrected chi connectivity index (χ3v) is 2.01. The number of allylic oxidation sites excluding steroid dienone is 1. The van der Waals surface area contributed by atoms with Crippen molar-refractivity contribution in [3.8, 4) is 0 Å². The molecule has 0 aliphatic carbocycles. The zero-order valence-electron chi connectivity index (χ0n) is 7.90. The second-order valence-electron chi connectivity index (χ2n) is 3.09. The molecule has 1 heterocycles. The smallest absolute Gasteiger partial charge is 0.0965 e. The zero-order chi connectivity index (χ0) is 9.68. The van der Waals surface area contributed by atoms with Crippen LogP contribution < -0.4 is 0 Å². The fourth-order valence-corrected chi connectivity index (χ4v) is 1.26. The number of hydrogen-bond acceptors (Lipinski definition) is 2. The van der Waals surface area contributed by atoms with Gasteiger partial charge in [0, 0.05) is 6.20 Å². The average molecular weight is 177 g/mol. The summed E-state index contributed by atoms with van der Waals surface area (Å²) in [4.78, 5) is 4.15. The largest absolute Gasteiger partial charge is 0.387 e. The zero-order valence-corrected chi connectivity index (χ0v) is 7.90. The Labute approximate surface area is 78.9 Å². The molecule has 1 aromatic heterocycles. The van der Waals surface area contributed by atoms with Gasteiger partial charge in [-0.1, -0.05) is 12.1 Å². The van der Waals surface area contributed by atoms with E-state index in [-0.39, 0.29) is 0 Å². The Bertz CT molecular complexity index is 283. The summed E-state index contributed by atoms with van der Waals surface area (Å²) in [5.74, 6) is 0. The summed E-state index contributed by atoms with van der Waals surface area (Å²) in [6.07, 6.45) is 4.57. The van der Waals surface area contributed by atoms with Gasteiger partial charge in [-0.3, -0.25) is 4.98 Å². The summed E-state index contributed by atoms with van der Waals surface area (Å²) >= 11 is 0. The summed E-state index contributed by atoms with van der Waals surface area (Å²) in [6.45, 7) is 5.58. The van der Waals surface area contributed by atoms with Gasteiger partial charge in [0.1, 0.15) is 0 Å². The van der Waals surface area contributed by atoms with Crippen LogP contribution in [-0.2, 0) is 0 Å². The predicted molar refractivity (Wildman–Crippen MR) is 53.4 cm³/mol. The van der Waals surface area contributed by atoms with E-state index in [4.69, 9.17) is 0 Å². The molecule has 0 bridgehead atoms. The molecule has 0 aromatic carbocycles. The molecule has 1 N–H and O–H groups in total.